The molecule has 37 heavy (non-hydrogen) atoms. The third-order valence-corrected chi connectivity index (χ3v) is 8.34. The second-order valence-corrected chi connectivity index (χ2v) is 11.6. The topological polar surface area (TPSA) is 40.6 Å². The van der Waals surface area contributed by atoms with E-state index in [1.165, 1.54) is 25.7 Å². The van der Waals surface area contributed by atoms with Gasteiger partial charge in [-0.05, 0) is 53.9 Å². The number of hydrogen-bond donors (Lipinski definition) is 0. The first-order valence-electron chi connectivity index (χ1n) is 12.9. The lowest BCUT2D eigenvalue weighted by Gasteiger charge is -2.19. The first-order chi connectivity index (χ1) is 17.9. The molecule has 0 radical (unpaired) electrons. The van der Waals surface area contributed by atoms with Crippen molar-refractivity contribution >= 4 is 66.2 Å². The highest BCUT2D eigenvalue weighted by atomic mass is 79.9. The summed E-state index contributed by atoms with van der Waals surface area (Å²) in [7, 11) is 1.81. The molecule has 190 valence electrons. The molecule has 3 aromatic rings. The molecule has 3 aromatic carbocycles. The van der Waals surface area contributed by atoms with Crippen LogP contribution in [0.3, 0.4) is 0 Å². The van der Waals surface area contributed by atoms with E-state index in [4.69, 9.17) is 0 Å². The maximum atomic E-state index is 13.9. The Labute approximate surface area is 234 Å². The Morgan fingerprint density at radius 1 is 0.649 bits per heavy atom. The highest BCUT2D eigenvalue weighted by Gasteiger charge is 2.34. The number of benzene rings is 3. The molecule has 2 aliphatic heterocycles. The molecule has 2 aliphatic rings. The Morgan fingerprint density at radius 2 is 1.14 bits per heavy atom. The molecule has 0 spiro atoms. The number of anilines is 2. The van der Waals surface area contributed by atoms with Crippen LogP contribution in [0.15, 0.2) is 69.6 Å². The van der Waals surface area contributed by atoms with Crippen molar-refractivity contribution in [2.24, 2.45) is 0 Å². The Hall–Kier alpha value is -2.70. The second kappa shape index (κ2) is 11.0. The monoisotopic (exact) mass is 620 g/mol. The van der Waals surface area contributed by atoms with Crippen LogP contribution in [0.25, 0.3) is 11.1 Å². The molecular formula is C31H30Br2N2O2. The molecule has 2 heterocycles. The molecule has 0 N–H and O–H groups in total. The van der Waals surface area contributed by atoms with Gasteiger partial charge in [-0.2, -0.15) is 0 Å². The van der Waals surface area contributed by atoms with Crippen LogP contribution in [-0.2, 0) is 9.59 Å². The first-order valence-corrected chi connectivity index (χ1v) is 14.5. The van der Waals surface area contributed by atoms with Gasteiger partial charge in [-0.3, -0.25) is 9.59 Å². The minimum atomic E-state index is -0.0278. The summed E-state index contributed by atoms with van der Waals surface area (Å²) < 4.78 is 1.94. The summed E-state index contributed by atoms with van der Waals surface area (Å²) in [5.74, 6) is 0.00807. The van der Waals surface area contributed by atoms with Crippen molar-refractivity contribution < 1.29 is 9.59 Å². The summed E-state index contributed by atoms with van der Waals surface area (Å²) in [5, 5.41) is 1.78. The largest absolute Gasteiger partial charge is 0.311 e. The lowest BCUT2D eigenvalue weighted by Crippen LogP contribution is -2.30. The van der Waals surface area contributed by atoms with Crippen LogP contribution in [0, 0.1) is 0 Å². The van der Waals surface area contributed by atoms with Crippen LogP contribution in [0.2, 0.25) is 0 Å². The summed E-state index contributed by atoms with van der Waals surface area (Å²) in [6.45, 7) is 2.90. The van der Waals surface area contributed by atoms with Crippen molar-refractivity contribution in [1.82, 2.24) is 0 Å². The molecular weight excluding hydrogens is 592 g/mol. The van der Waals surface area contributed by atoms with Gasteiger partial charge in [-0.1, -0.05) is 95.2 Å². The third kappa shape index (κ3) is 4.94. The lowest BCUT2D eigenvalue weighted by atomic mass is 10.0. The molecule has 0 atom stereocenters. The van der Waals surface area contributed by atoms with Crippen molar-refractivity contribution in [2.75, 3.05) is 23.4 Å². The number of amides is 2. The van der Waals surface area contributed by atoms with E-state index in [2.05, 4.69) is 44.8 Å². The molecule has 0 saturated heterocycles. The number of fused-ring (bicyclic) bond motifs is 2. The number of nitrogens with zero attached hydrogens (tertiary/aromatic N) is 2. The fourth-order valence-electron chi connectivity index (χ4n) is 5.29. The van der Waals surface area contributed by atoms with E-state index in [1.54, 1.807) is 4.90 Å². The SMILES string of the molecule is CCCCCCCCN1C(=O)C(c2ccc(Br)cc2)=c2cc3c(cc21)=C(c1ccc(Br)cc1)C(=O)N3C. The number of carbonyl (C=O) groups excluding carboxylic acids is 2. The Balaban J connectivity index is 1.64. The van der Waals surface area contributed by atoms with Gasteiger partial charge >= 0.3 is 0 Å². The van der Waals surface area contributed by atoms with Gasteiger partial charge < -0.3 is 9.80 Å². The van der Waals surface area contributed by atoms with E-state index >= 15 is 0 Å². The average molecular weight is 622 g/mol. The van der Waals surface area contributed by atoms with Crippen molar-refractivity contribution in [3.8, 4) is 0 Å². The smallest absolute Gasteiger partial charge is 0.259 e. The van der Waals surface area contributed by atoms with Gasteiger partial charge in [0.05, 0.1) is 22.5 Å². The summed E-state index contributed by atoms with van der Waals surface area (Å²) in [4.78, 5) is 30.9. The van der Waals surface area contributed by atoms with Crippen LogP contribution >= 0.6 is 31.9 Å². The first kappa shape index (κ1) is 25.9. The van der Waals surface area contributed by atoms with Crippen molar-refractivity contribution in [2.45, 2.75) is 45.4 Å². The summed E-state index contributed by atoms with van der Waals surface area (Å²) in [6.07, 6.45) is 6.98. The molecule has 0 saturated carbocycles. The van der Waals surface area contributed by atoms with Crippen LogP contribution in [0.4, 0.5) is 11.4 Å². The molecule has 0 aromatic heterocycles. The van der Waals surface area contributed by atoms with E-state index in [0.717, 1.165) is 54.7 Å². The Bertz CT molecular complexity index is 1480. The van der Waals surface area contributed by atoms with E-state index in [1.807, 2.05) is 66.5 Å². The van der Waals surface area contributed by atoms with Crippen LogP contribution in [0.5, 0.6) is 0 Å². The number of hydrogen-bond acceptors (Lipinski definition) is 2. The van der Waals surface area contributed by atoms with Gasteiger partial charge in [-0.25, -0.2) is 0 Å². The average Bonchev–Trinajstić information content (AvgIpc) is 3.30. The highest BCUT2D eigenvalue weighted by Crippen LogP contribution is 2.31. The molecule has 0 bridgehead atoms. The predicted octanol–water partition coefficient (Wildman–Crippen LogP) is 6.29. The number of unbranched alkanes of at least 4 members (excludes halogenated alkanes) is 5. The van der Waals surface area contributed by atoms with E-state index in [9.17, 15) is 9.59 Å². The van der Waals surface area contributed by atoms with Crippen molar-refractivity contribution in [1.29, 1.82) is 0 Å². The predicted molar refractivity (Wildman–Crippen MR) is 158 cm³/mol. The fourth-order valence-corrected chi connectivity index (χ4v) is 5.82. The maximum Gasteiger partial charge on any atom is 0.259 e. The van der Waals surface area contributed by atoms with Crippen molar-refractivity contribution in [3.05, 3.63) is 91.2 Å². The zero-order chi connectivity index (χ0) is 26.1. The van der Waals surface area contributed by atoms with E-state index in [0.29, 0.717) is 17.7 Å². The van der Waals surface area contributed by atoms with Gasteiger partial charge in [0.2, 0.25) is 0 Å². The van der Waals surface area contributed by atoms with Gasteiger partial charge in [0, 0.05) is 33.0 Å². The molecule has 0 unspecified atom stereocenters. The number of likely N-dealkylation sites (N-methyl/N-ethyl adjacent to an activating group) is 1. The summed E-state index contributed by atoms with van der Waals surface area (Å²) in [6, 6.07) is 19.8. The molecule has 4 nitrogen and oxygen atoms in total. The highest BCUT2D eigenvalue weighted by molar-refractivity contribution is 9.10. The quantitative estimate of drug-likeness (QED) is 0.263. The Kier molecular flexibility index (Phi) is 7.68. The van der Waals surface area contributed by atoms with Gasteiger partial charge in [0.25, 0.3) is 11.8 Å². The lowest BCUT2D eigenvalue weighted by molar-refractivity contribution is -0.113. The minimum absolute atomic E-state index is 0.0278. The zero-order valence-electron chi connectivity index (χ0n) is 21.2. The minimum Gasteiger partial charge on any atom is -0.311 e. The van der Waals surface area contributed by atoms with Crippen LogP contribution < -0.4 is 20.2 Å². The standard InChI is InChI=1S/C31H30Br2N2O2/c1-3-4-5-6-7-8-17-35-27-19-24-26(34(2)30(36)28(24)20-9-13-22(32)14-10-20)18-25(27)29(31(35)37)21-11-15-23(33)16-12-21/h9-16,18-19H,3-8,17H2,1-2H3. The molecule has 0 aliphatic carbocycles. The number of halogens is 2. The fraction of sp³-hybridized carbons (Fsp3) is 0.290. The normalized spacial score (nSPS) is 14.6. The van der Waals surface area contributed by atoms with Crippen LogP contribution in [0.1, 0.15) is 56.6 Å². The van der Waals surface area contributed by atoms with Gasteiger partial charge in [-0.15, -0.1) is 0 Å². The van der Waals surface area contributed by atoms with Crippen molar-refractivity contribution in [3.63, 3.8) is 0 Å². The molecule has 2 amide bonds. The van der Waals surface area contributed by atoms with E-state index < -0.39 is 0 Å². The maximum absolute atomic E-state index is 13.9. The van der Waals surface area contributed by atoms with Gasteiger partial charge in [0.15, 0.2) is 0 Å². The van der Waals surface area contributed by atoms with E-state index in [-0.39, 0.29) is 11.8 Å². The summed E-state index contributed by atoms with van der Waals surface area (Å²) in [5.41, 5.74) is 4.89. The number of rotatable bonds is 9. The van der Waals surface area contributed by atoms with Gasteiger partial charge in [0.1, 0.15) is 0 Å². The molecule has 6 heteroatoms. The zero-order valence-corrected chi connectivity index (χ0v) is 24.4. The number of carbonyl (C=O) groups is 2. The molecule has 5 rings (SSSR count). The molecule has 0 fully saturated rings. The van der Waals surface area contributed by atoms with Crippen LogP contribution in [-0.4, -0.2) is 25.4 Å². The Morgan fingerprint density at radius 3 is 1.73 bits per heavy atom. The second-order valence-electron chi connectivity index (χ2n) is 9.74. The third-order valence-electron chi connectivity index (χ3n) is 7.28. The summed E-state index contributed by atoms with van der Waals surface area (Å²) >= 11 is 7.00.